The Kier molecular flexibility index (Phi) is 6.39. The Balaban J connectivity index is 4.75. The highest BCUT2D eigenvalue weighted by Crippen LogP contribution is 2.29. The van der Waals surface area contributed by atoms with Crippen molar-refractivity contribution in [2.45, 2.75) is 59.5 Å². The van der Waals surface area contributed by atoms with E-state index in [1.807, 2.05) is 6.92 Å². The fourth-order valence-electron chi connectivity index (χ4n) is 2.22. The summed E-state index contributed by atoms with van der Waals surface area (Å²) in [5, 5.41) is 28.8. The zero-order chi connectivity index (χ0) is 14.5. The van der Waals surface area contributed by atoms with E-state index in [4.69, 9.17) is 5.11 Å². The molecule has 0 aliphatic heterocycles. The van der Waals surface area contributed by atoms with E-state index < -0.39 is 17.3 Å². The molecule has 4 nitrogen and oxygen atoms in total. The van der Waals surface area contributed by atoms with Gasteiger partial charge in [0.15, 0.2) is 0 Å². The Hall–Kier alpha value is -1.03. The van der Waals surface area contributed by atoms with Gasteiger partial charge >= 0.3 is 5.97 Å². The molecule has 0 saturated carbocycles. The first-order valence-electron chi connectivity index (χ1n) is 6.47. The van der Waals surface area contributed by atoms with E-state index in [-0.39, 0.29) is 11.5 Å². The van der Waals surface area contributed by atoms with E-state index >= 15 is 0 Å². The molecule has 3 unspecified atom stereocenters. The van der Waals surface area contributed by atoms with Gasteiger partial charge in [0.1, 0.15) is 11.4 Å². The van der Waals surface area contributed by atoms with E-state index in [2.05, 4.69) is 13.8 Å². The molecule has 0 saturated heterocycles. The third-order valence-corrected chi connectivity index (χ3v) is 3.43. The Bertz CT molecular complexity index is 318. The van der Waals surface area contributed by atoms with Crippen LogP contribution in [0.2, 0.25) is 0 Å². The SMILES string of the molecule is CCC(C)CC(C)CC(C)(O)C(O)=C(C)C(=O)O. The molecule has 0 spiro atoms. The molecule has 0 aromatic heterocycles. The molecule has 0 bridgehead atoms. The van der Waals surface area contributed by atoms with Gasteiger partial charge in [-0.05, 0) is 38.5 Å². The number of carbonyl (C=O) groups is 1. The molecule has 0 rings (SSSR count). The summed E-state index contributed by atoms with van der Waals surface area (Å²) in [7, 11) is 0. The van der Waals surface area contributed by atoms with E-state index in [0.717, 1.165) is 12.8 Å². The summed E-state index contributed by atoms with van der Waals surface area (Å²) < 4.78 is 0. The van der Waals surface area contributed by atoms with Gasteiger partial charge in [0.2, 0.25) is 0 Å². The maximum atomic E-state index is 10.8. The van der Waals surface area contributed by atoms with Gasteiger partial charge in [-0.2, -0.15) is 0 Å². The van der Waals surface area contributed by atoms with Crippen molar-refractivity contribution in [3.8, 4) is 0 Å². The number of carboxylic acids is 1. The summed E-state index contributed by atoms with van der Waals surface area (Å²) in [6, 6.07) is 0. The largest absolute Gasteiger partial charge is 0.509 e. The van der Waals surface area contributed by atoms with E-state index in [9.17, 15) is 15.0 Å². The Morgan fingerprint density at radius 2 is 1.72 bits per heavy atom. The zero-order valence-corrected chi connectivity index (χ0v) is 12.0. The summed E-state index contributed by atoms with van der Waals surface area (Å²) in [5.41, 5.74) is -1.68. The predicted molar refractivity (Wildman–Crippen MR) is 71.4 cm³/mol. The summed E-state index contributed by atoms with van der Waals surface area (Å²) >= 11 is 0. The first-order valence-corrected chi connectivity index (χ1v) is 6.47. The molecule has 3 N–H and O–H groups in total. The topological polar surface area (TPSA) is 77.8 Å². The molecule has 18 heavy (non-hydrogen) atoms. The Labute approximate surface area is 109 Å². The van der Waals surface area contributed by atoms with Crippen LogP contribution in [0.15, 0.2) is 11.3 Å². The van der Waals surface area contributed by atoms with Gasteiger partial charge in [-0.25, -0.2) is 4.79 Å². The fraction of sp³-hybridized carbons (Fsp3) is 0.786. The van der Waals surface area contributed by atoms with Crippen LogP contribution < -0.4 is 0 Å². The molecule has 0 aromatic rings. The average Bonchev–Trinajstić information content (AvgIpc) is 2.25. The van der Waals surface area contributed by atoms with Gasteiger partial charge in [0.05, 0.1) is 5.57 Å². The lowest BCUT2D eigenvalue weighted by Crippen LogP contribution is -2.31. The number of aliphatic hydroxyl groups is 2. The van der Waals surface area contributed by atoms with Crippen molar-refractivity contribution in [3.63, 3.8) is 0 Å². The minimum atomic E-state index is -1.48. The van der Waals surface area contributed by atoms with Gasteiger partial charge in [0.25, 0.3) is 0 Å². The number of aliphatic hydroxyl groups excluding tert-OH is 1. The molecular formula is C14H26O4. The third kappa shape index (κ3) is 5.08. The maximum Gasteiger partial charge on any atom is 0.334 e. The van der Waals surface area contributed by atoms with Crippen molar-refractivity contribution in [3.05, 3.63) is 11.3 Å². The average molecular weight is 258 g/mol. The standard InChI is InChI=1S/C14H26O4/c1-6-9(2)7-10(3)8-14(5,18)12(15)11(4)13(16)17/h9-10,15,18H,6-8H2,1-5H3,(H,16,17). The van der Waals surface area contributed by atoms with Crippen molar-refractivity contribution in [1.82, 2.24) is 0 Å². The second kappa shape index (κ2) is 6.78. The van der Waals surface area contributed by atoms with Gasteiger partial charge < -0.3 is 15.3 Å². The maximum absolute atomic E-state index is 10.8. The van der Waals surface area contributed by atoms with Gasteiger partial charge in [0, 0.05) is 0 Å². The van der Waals surface area contributed by atoms with Crippen LogP contribution in [0.3, 0.4) is 0 Å². The Morgan fingerprint density at radius 1 is 1.22 bits per heavy atom. The molecule has 106 valence electrons. The monoisotopic (exact) mass is 258 g/mol. The number of aliphatic carboxylic acids is 1. The second-order valence-corrected chi connectivity index (χ2v) is 5.61. The number of hydrogen-bond acceptors (Lipinski definition) is 3. The first-order chi connectivity index (χ1) is 8.11. The van der Waals surface area contributed by atoms with Crippen LogP contribution in [0.5, 0.6) is 0 Å². The zero-order valence-electron chi connectivity index (χ0n) is 12.0. The van der Waals surface area contributed by atoms with Crippen molar-refractivity contribution in [2.75, 3.05) is 0 Å². The molecule has 0 heterocycles. The van der Waals surface area contributed by atoms with Crippen LogP contribution in [0.25, 0.3) is 0 Å². The minimum absolute atomic E-state index is 0.198. The molecule has 0 amide bonds. The lowest BCUT2D eigenvalue weighted by atomic mass is 9.84. The lowest BCUT2D eigenvalue weighted by molar-refractivity contribution is -0.133. The Morgan fingerprint density at radius 3 is 2.11 bits per heavy atom. The molecule has 0 aromatic carbocycles. The van der Waals surface area contributed by atoms with Crippen LogP contribution in [-0.2, 0) is 4.79 Å². The molecule has 4 heteroatoms. The van der Waals surface area contributed by atoms with Gasteiger partial charge in [-0.15, -0.1) is 0 Å². The van der Waals surface area contributed by atoms with Crippen molar-refractivity contribution >= 4 is 5.97 Å². The van der Waals surface area contributed by atoms with E-state index in [1.54, 1.807) is 0 Å². The van der Waals surface area contributed by atoms with Crippen LogP contribution in [0.4, 0.5) is 0 Å². The van der Waals surface area contributed by atoms with Gasteiger partial charge in [-0.3, -0.25) is 0 Å². The molecular weight excluding hydrogens is 232 g/mol. The van der Waals surface area contributed by atoms with E-state index in [0.29, 0.717) is 12.3 Å². The highest BCUT2D eigenvalue weighted by molar-refractivity contribution is 5.86. The van der Waals surface area contributed by atoms with Crippen LogP contribution in [-0.4, -0.2) is 26.9 Å². The normalized spacial score (nSPS) is 19.7. The summed E-state index contributed by atoms with van der Waals surface area (Å²) in [4.78, 5) is 10.8. The number of hydrogen-bond donors (Lipinski definition) is 3. The third-order valence-electron chi connectivity index (χ3n) is 3.43. The lowest BCUT2D eigenvalue weighted by Gasteiger charge is -2.28. The fourth-order valence-corrected chi connectivity index (χ4v) is 2.22. The van der Waals surface area contributed by atoms with Crippen molar-refractivity contribution in [2.24, 2.45) is 11.8 Å². The smallest absolute Gasteiger partial charge is 0.334 e. The quantitative estimate of drug-likeness (QED) is 0.484. The highest BCUT2D eigenvalue weighted by Gasteiger charge is 2.31. The van der Waals surface area contributed by atoms with E-state index in [1.165, 1.54) is 13.8 Å². The first kappa shape index (κ1) is 17.0. The van der Waals surface area contributed by atoms with Crippen LogP contribution >= 0.6 is 0 Å². The number of rotatable bonds is 7. The molecule has 3 atom stereocenters. The summed E-state index contributed by atoms with van der Waals surface area (Å²) in [5.74, 6) is -0.866. The molecule has 0 radical (unpaired) electrons. The van der Waals surface area contributed by atoms with Crippen molar-refractivity contribution < 1.29 is 20.1 Å². The number of carboxylic acid groups (broad SMARTS) is 1. The minimum Gasteiger partial charge on any atom is -0.509 e. The molecule has 0 aliphatic rings. The highest BCUT2D eigenvalue weighted by atomic mass is 16.4. The van der Waals surface area contributed by atoms with Crippen LogP contribution in [0.1, 0.15) is 53.9 Å². The van der Waals surface area contributed by atoms with Gasteiger partial charge in [-0.1, -0.05) is 27.2 Å². The van der Waals surface area contributed by atoms with Crippen LogP contribution in [0, 0.1) is 11.8 Å². The predicted octanol–water partition coefficient (Wildman–Crippen LogP) is 3.12. The van der Waals surface area contributed by atoms with Crippen molar-refractivity contribution in [1.29, 1.82) is 0 Å². The molecule has 0 aliphatic carbocycles. The summed E-state index contributed by atoms with van der Waals surface area (Å²) in [6.07, 6.45) is 2.38. The molecule has 0 fully saturated rings. The summed E-state index contributed by atoms with van der Waals surface area (Å²) in [6.45, 7) is 9.02. The second-order valence-electron chi connectivity index (χ2n) is 5.61.